The van der Waals surface area contributed by atoms with Gasteiger partial charge in [0, 0.05) is 49.8 Å². The maximum Gasteiger partial charge on any atom is 0.419 e. The second-order valence-electron chi connectivity index (χ2n) is 8.93. The largest absolute Gasteiger partial charge is 0.419 e. The summed E-state index contributed by atoms with van der Waals surface area (Å²) >= 11 is 0. The first-order valence-electron chi connectivity index (χ1n) is 11.0. The van der Waals surface area contributed by atoms with Crippen LogP contribution in [0.1, 0.15) is 34.2 Å². The Kier molecular flexibility index (Phi) is 6.34. The fourth-order valence-corrected chi connectivity index (χ4v) is 4.56. The zero-order chi connectivity index (χ0) is 25.7. The number of fused-ring (bicyclic) bond motifs is 3. The third-order valence-electron chi connectivity index (χ3n) is 6.46. The smallest absolute Gasteiger partial charge is 0.389 e. The molecule has 3 atom stereocenters. The molecular formula is C23H25F4N5O3. The lowest BCUT2D eigenvalue weighted by molar-refractivity contribution is -0.139. The van der Waals surface area contributed by atoms with Crippen LogP contribution in [-0.4, -0.2) is 62.4 Å². The Morgan fingerprint density at radius 3 is 2.71 bits per heavy atom. The molecule has 1 aromatic heterocycles. The van der Waals surface area contributed by atoms with E-state index in [1.165, 1.54) is 15.9 Å². The number of anilines is 1. The Bertz CT molecular complexity index is 1180. The van der Waals surface area contributed by atoms with Gasteiger partial charge in [-0.2, -0.15) is 18.3 Å². The number of hydrogen-bond donors (Lipinski definition) is 2. The molecule has 12 heteroatoms. The van der Waals surface area contributed by atoms with Crippen LogP contribution in [0.5, 0.6) is 0 Å². The lowest BCUT2D eigenvalue weighted by atomic mass is 9.99. The predicted octanol–water partition coefficient (Wildman–Crippen LogP) is 3.27. The van der Waals surface area contributed by atoms with Crippen LogP contribution in [0.25, 0.3) is 0 Å². The SMILES string of the molecule is C=CC(O)C1CN(C)C(=O)c2c3c(nn2C1)CC(C)N(C(=O)Nc1ccc(F)c(C(F)(F)F)c1)C3. The summed E-state index contributed by atoms with van der Waals surface area (Å²) in [7, 11) is 1.61. The van der Waals surface area contributed by atoms with Crippen molar-refractivity contribution in [3.8, 4) is 0 Å². The van der Waals surface area contributed by atoms with Crippen molar-refractivity contribution < 1.29 is 32.3 Å². The van der Waals surface area contributed by atoms with Gasteiger partial charge < -0.3 is 20.2 Å². The average Bonchev–Trinajstić information content (AvgIpc) is 3.07. The van der Waals surface area contributed by atoms with E-state index in [2.05, 4.69) is 17.0 Å². The summed E-state index contributed by atoms with van der Waals surface area (Å²) in [6.07, 6.45) is -4.01. The van der Waals surface area contributed by atoms with Crippen LogP contribution >= 0.6 is 0 Å². The first-order chi connectivity index (χ1) is 16.4. The van der Waals surface area contributed by atoms with Gasteiger partial charge in [-0.05, 0) is 25.1 Å². The molecule has 2 aromatic rings. The van der Waals surface area contributed by atoms with E-state index in [1.54, 1.807) is 18.7 Å². The quantitative estimate of drug-likeness (QED) is 0.505. The van der Waals surface area contributed by atoms with Crippen molar-refractivity contribution in [2.45, 2.75) is 44.8 Å². The van der Waals surface area contributed by atoms with Crippen LogP contribution in [0.4, 0.5) is 28.0 Å². The Hall–Kier alpha value is -3.41. The number of benzene rings is 1. The minimum atomic E-state index is -4.91. The lowest BCUT2D eigenvalue weighted by Gasteiger charge is -2.33. The average molecular weight is 495 g/mol. The summed E-state index contributed by atoms with van der Waals surface area (Å²) in [5, 5.41) is 17.3. The van der Waals surface area contributed by atoms with Gasteiger partial charge in [-0.15, -0.1) is 6.58 Å². The highest BCUT2D eigenvalue weighted by Gasteiger charge is 2.38. The van der Waals surface area contributed by atoms with Crippen molar-refractivity contribution in [3.05, 3.63) is 59.2 Å². The topological polar surface area (TPSA) is 90.7 Å². The number of carbonyl (C=O) groups is 2. The zero-order valence-corrected chi connectivity index (χ0v) is 19.1. The van der Waals surface area contributed by atoms with Gasteiger partial charge in [0.15, 0.2) is 0 Å². The number of nitrogens with one attached hydrogen (secondary N) is 1. The number of nitrogens with zero attached hydrogens (tertiary/aromatic N) is 4. The van der Waals surface area contributed by atoms with Crippen LogP contribution in [0.2, 0.25) is 0 Å². The summed E-state index contributed by atoms with van der Waals surface area (Å²) in [6, 6.07) is 1.20. The summed E-state index contributed by atoms with van der Waals surface area (Å²) in [6.45, 7) is 5.95. The van der Waals surface area contributed by atoms with E-state index in [0.717, 1.165) is 6.07 Å². The van der Waals surface area contributed by atoms with Crippen LogP contribution in [0.3, 0.4) is 0 Å². The second kappa shape index (κ2) is 8.99. The van der Waals surface area contributed by atoms with Crippen LogP contribution in [0, 0.1) is 11.7 Å². The second-order valence-corrected chi connectivity index (χ2v) is 8.93. The van der Waals surface area contributed by atoms with E-state index in [1.807, 2.05) is 0 Å². The molecule has 0 fully saturated rings. The van der Waals surface area contributed by atoms with Crippen molar-refractivity contribution in [3.63, 3.8) is 0 Å². The van der Waals surface area contributed by atoms with Gasteiger partial charge in [0.1, 0.15) is 11.5 Å². The number of aliphatic hydroxyl groups excluding tert-OH is 1. The molecule has 0 spiro atoms. The first kappa shape index (κ1) is 24.7. The third-order valence-corrected chi connectivity index (χ3v) is 6.46. The highest BCUT2D eigenvalue weighted by atomic mass is 19.4. The number of aliphatic hydroxyl groups is 1. The number of hydrogen-bond acceptors (Lipinski definition) is 4. The van der Waals surface area contributed by atoms with Crippen molar-refractivity contribution in [1.29, 1.82) is 0 Å². The summed E-state index contributed by atoms with van der Waals surface area (Å²) in [5.74, 6) is -2.06. The molecule has 3 unspecified atom stereocenters. The molecule has 35 heavy (non-hydrogen) atoms. The van der Waals surface area contributed by atoms with E-state index in [4.69, 9.17) is 0 Å². The molecular weight excluding hydrogens is 470 g/mol. The maximum atomic E-state index is 13.6. The number of amides is 3. The van der Waals surface area contributed by atoms with Crippen molar-refractivity contribution in [2.75, 3.05) is 18.9 Å². The molecule has 2 N–H and O–H groups in total. The third kappa shape index (κ3) is 4.62. The number of urea groups is 1. The molecule has 3 amide bonds. The number of halogens is 4. The molecule has 1 aromatic carbocycles. The number of aromatic nitrogens is 2. The Labute approximate surface area is 198 Å². The summed E-state index contributed by atoms with van der Waals surface area (Å²) in [5.41, 5.74) is -0.164. The fourth-order valence-electron chi connectivity index (χ4n) is 4.56. The van der Waals surface area contributed by atoms with Gasteiger partial charge in [-0.25, -0.2) is 9.18 Å². The molecule has 8 nitrogen and oxygen atoms in total. The standard InChI is InChI=1S/C23H25F4N5O3/c1-4-19(33)13-9-30(3)21(34)20-15-11-31(12(2)7-18(15)29-32(20)10-13)22(35)28-14-5-6-17(24)16(8-14)23(25,26)27/h4-6,8,12-13,19,33H,1,7,9-11H2,2-3H3,(H,28,35). The Morgan fingerprint density at radius 1 is 1.34 bits per heavy atom. The van der Waals surface area contributed by atoms with Crippen LogP contribution in [0.15, 0.2) is 30.9 Å². The molecule has 3 heterocycles. The first-order valence-corrected chi connectivity index (χ1v) is 11.0. The van der Waals surface area contributed by atoms with E-state index in [9.17, 15) is 32.3 Å². The van der Waals surface area contributed by atoms with Gasteiger partial charge in [-0.3, -0.25) is 9.48 Å². The van der Waals surface area contributed by atoms with E-state index in [-0.39, 0.29) is 43.2 Å². The molecule has 0 bridgehead atoms. The molecule has 4 rings (SSSR count). The van der Waals surface area contributed by atoms with Gasteiger partial charge in [-0.1, -0.05) is 6.08 Å². The Morgan fingerprint density at radius 2 is 2.06 bits per heavy atom. The number of carbonyl (C=O) groups excluding carboxylic acids is 2. The number of rotatable bonds is 3. The maximum absolute atomic E-state index is 13.6. The summed E-state index contributed by atoms with van der Waals surface area (Å²) < 4.78 is 54.3. The minimum absolute atomic E-state index is 0.0131. The van der Waals surface area contributed by atoms with Crippen molar-refractivity contribution >= 4 is 17.6 Å². The molecule has 0 radical (unpaired) electrons. The fraction of sp³-hybridized carbons (Fsp3) is 0.435. The van der Waals surface area contributed by atoms with Gasteiger partial charge in [0.05, 0.1) is 23.9 Å². The van der Waals surface area contributed by atoms with Crippen molar-refractivity contribution in [2.24, 2.45) is 5.92 Å². The van der Waals surface area contributed by atoms with Gasteiger partial charge in [0.25, 0.3) is 5.91 Å². The van der Waals surface area contributed by atoms with Gasteiger partial charge in [0.2, 0.25) is 0 Å². The zero-order valence-electron chi connectivity index (χ0n) is 19.1. The van der Waals surface area contributed by atoms with E-state index in [0.29, 0.717) is 35.5 Å². The molecule has 0 saturated heterocycles. The summed E-state index contributed by atoms with van der Waals surface area (Å²) in [4.78, 5) is 29.0. The van der Waals surface area contributed by atoms with Gasteiger partial charge >= 0.3 is 12.2 Å². The molecule has 0 aliphatic carbocycles. The van der Waals surface area contributed by atoms with Crippen LogP contribution < -0.4 is 5.32 Å². The molecule has 0 saturated carbocycles. The molecule has 2 aliphatic rings. The van der Waals surface area contributed by atoms with Crippen molar-refractivity contribution in [1.82, 2.24) is 19.6 Å². The Balaban J connectivity index is 1.61. The molecule has 188 valence electrons. The normalized spacial score (nSPS) is 21.2. The monoisotopic (exact) mass is 495 g/mol. The number of alkyl halides is 3. The van der Waals surface area contributed by atoms with E-state index < -0.39 is 29.7 Å². The van der Waals surface area contributed by atoms with E-state index >= 15 is 0 Å². The molecule has 2 aliphatic heterocycles. The lowest BCUT2D eigenvalue weighted by Crippen LogP contribution is -2.45. The highest BCUT2D eigenvalue weighted by Crippen LogP contribution is 2.34. The van der Waals surface area contributed by atoms with Crippen LogP contribution in [-0.2, 0) is 25.7 Å². The predicted molar refractivity (Wildman–Crippen MR) is 118 cm³/mol. The highest BCUT2D eigenvalue weighted by molar-refractivity contribution is 5.95. The minimum Gasteiger partial charge on any atom is -0.389 e.